The van der Waals surface area contributed by atoms with Crippen LogP contribution in [0.25, 0.3) is 0 Å². The second-order valence-electron chi connectivity index (χ2n) is 3.70. The molecule has 3 heteroatoms. The number of hydrogen-bond donors (Lipinski definition) is 1. The molecule has 3 nitrogen and oxygen atoms in total. The van der Waals surface area contributed by atoms with Gasteiger partial charge in [0.15, 0.2) is 0 Å². The standard InChI is InChI=1S/C10H18N2O/c1-7(2)10-8(3)12(4)11-9(10)5-6-13/h7,13H,5-6H2,1-4H3. The topological polar surface area (TPSA) is 38.1 Å². The molecule has 0 aliphatic rings. The van der Waals surface area contributed by atoms with Crippen molar-refractivity contribution >= 4 is 0 Å². The average Bonchev–Trinajstić information content (AvgIpc) is 2.28. The number of hydrogen-bond acceptors (Lipinski definition) is 2. The molecular formula is C10H18N2O. The van der Waals surface area contributed by atoms with Crippen molar-refractivity contribution in [3.63, 3.8) is 0 Å². The van der Waals surface area contributed by atoms with Gasteiger partial charge in [-0.25, -0.2) is 0 Å². The molecule has 1 N–H and O–H groups in total. The van der Waals surface area contributed by atoms with Gasteiger partial charge in [0.05, 0.1) is 5.69 Å². The second-order valence-corrected chi connectivity index (χ2v) is 3.70. The van der Waals surface area contributed by atoms with Crippen LogP contribution < -0.4 is 0 Å². The van der Waals surface area contributed by atoms with Crippen LogP contribution in [0.3, 0.4) is 0 Å². The van der Waals surface area contributed by atoms with Crippen LogP contribution in [0, 0.1) is 6.92 Å². The molecule has 0 aliphatic carbocycles. The van der Waals surface area contributed by atoms with Crippen molar-refractivity contribution in [1.82, 2.24) is 9.78 Å². The van der Waals surface area contributed by atoms with Crippen LogP contribution in [0.1, 0.15) is 36.7 Å². The Morgan fingerprint density at radius 2 is 2.08 bits per heavy atom. The maximum absolute atomic E-state index is 8.88. The molecule has 0 bridgehead atoms. The first-order valence-corrected chi connectivity index (χ1v) is 4.71. The van der Waals surface area contributed by atoms with Gasteiger partial charge in [-0.3, -0.25) is 4.68 Å². The van der Waals surface area contributed by atoms with E-state index < -0.39 is 0 Å². The highest BCUT2D eigenvalue weighted by Crippen LogP contribution is 2.22. The van der Waals surface area contributed by atoms with Crippen molar-refractivity contribution in [3.8, 4) is 0 Å². The lowest BCUT2D eigenvalue weighted by Gasteiger charge is -2.06. The first-order valence-electron chi connectivity index (χ1n) is 4.71. The van der Waals surface area contributed by atoms with E-state index in [1.54, 1.807) is 0 Å². The van der Waals surface area contributed by atoms with Crippen LogP contribution in [0.4, 0.5) is 0 Å². The first kappa shape index (κ1) is 10.3. The Kier molecular flexibility index (Phi) is 3.09. The number of aromatic nitrogens is 2. The zero-order valence-electron chi connectivity index (χ0n) is 8.83. The van der Waals surface area contributed by atoms with Crippen molar-refractivity contribution < 1.29 is 5.11 Å². The average molecular weight is 182 g/mol. The van der Waals surface area contributed by atoms with Crippen molar-refractivity contribution in [2.45, 2.75) is 33.1 Å². The lowest BCUT2D eigenvalue weighted by atomic mass is 10.00. The van der Waals surface area contributed by atoms with E-state index in [1.165, 1.54) is 11.3 Å². The van der Waals surface area contributed by atoms with Crippen LogP contribution in [-0.2, 0) is 13.5 Å². The summed E-state index contributed by atoms with van der Waals surface area (Å²) in [6.07, 6.45) is 0.662. The van der Waals surface area contributed by atoms with Gasteiger partial charge in [-0.15, -0.1) is 0 Å². The highest BCUT2D eigenvalue weighted by Gasteiger charge is 2.14. The molecule has 0 spiro atoms. The molecule has 0 aliphatic heterocycles. The second kappa shape index (κ2) is 3.92. The van der Waals surface area contributed by atoms with Crippen molar-refractivity contribution in [2.75, 3.05) is 6.61 Å². The highest BCUT2D eigenvalue weighted by molar-refractivity contribution is 5.28. The maximum Gasteiger partial charge on any atom is 0.0684 e. The van der Waals surface area contributed by atoms with E-state index in [0.29, 0.717) is 12.3 Å². The monoisotopic (exact) mass is 182 g/mol. The minimum Gasteiger partial charge on any atom is -0.396 e. The van der Waals surface area contributed by atoms with Crippen LogP contribution in [0.2, 0.25) is 0 Å². The Morgan fingerprint density at radius 1 is 1.46 bits per heavy atom. The molecule has 1 rings (SSSR count). The van der Waals surface area contributed by atoms with Gasteiger partial charge in [0.25, 0.3) is 0 Å². The Hall–Kier alpha value is -0.830. The molecule has 0 unspecified atom stereocenters. The van der Waals surface area contributed by atoms with Gasteiger partial charge in [0.1, 0.15) is 0 Å². The molecule has 0 amide bonds. The van der Waals surface area contributed by atoms with Crippen molar-refractivity contribution in [2.24, 2.45) is 7.05 Å². The summed E-state index contributed by atoms with van der Waals surface area (Å²) in [4.78, 5) is 0. The number of aliphatic hydroxyl groups is 1. The Labute approximate surface area is 79.4 Å². The molecule has 0 radical (unpaired) electrons. The third kappa shape index (κ3) is 1.91. The fourth-order valence-corrected chi connectivity index (χ4v) is 1.73. The summed E-state index contributed by atoms with van der Waals surface area (Å²) in [5, 5.41) is 13.3. The molecular weight excluding hydrogens is 164 g/mol. The molecule has 1 aromatic heterocycles. The van der Waals surface area contributed by atoms with Crippen LogP contribution in [0.15, 0.2) is 0 Å². The Balaban J connectivity index is 3.11. The van der Waals surface area contributed by atoms with E-state index in [9.17, 15) is 0 Å². The van der Waals surface area contributed by atoms with Crippen molar-refractivity contribution in [3.05, 3.63) is 17.0 Å². The zero-order chi connectivity index (χ0) is 10.0. The molecule has 1 heterocycles. The van der Waals surface area contributed by atoms with Gasteiger partial charge >= 0.3 is 0 Å². The summed E-state index contributed by atoms with van der Waals surface area (Å²) in [6, 6.07) is 0. The third-order valence-corrected chi connectivity index (χ3v) is 2.38. The predicted molar refractivity (Wildman–Crippen MR) is 52.8 cm³/mol. The maximum atomic E-state index is 8.88. The number of aryl methyl sites for hydroxylation is 1. The SMILES string of the molecule is Cc1c(C(C)C)c(CCO)nn1C. The Bertz CT molecular complexity index is 289. The highest BCUT2D eigenvalue weighted by atomic mass is 16.3. The molecule has 0 aromatic carbocycles. The third-order valence-electron chi connectivity index (χ3n) is 2.38. The lowest BCUT2D eigenvalue weighted by molar-refractivity contribution is 0.297. The number of nitrogens with zero attached hydrogens (tertiary/aromatic N) is 2. The molecule has 0 atom stereocenters. The molecule has 74 valence electrons. The fourth-order valence-electron chi connectivity index (χ4n) is 1.73. The first-order chi connectivity index (χ1) is 6.07. The summed E-state index contributed by atoms with van der Waals surface area (Å²) in [7, 11) is 1.95. The van der Waals surface area contributed by atoms with Crippen LogP contribution in [0.5, 0.6) is 0 Å². The van der Waals surface area contributed by atoms with E-state index in [2.05, 4.69) is 25.9 Å². The summed E-state index contributed by atoms with van der Waals surface area (Å²) in [5.74, 6) is 0.482. The molecule has 0 fully saturated rings. The fraction of sp³-hybridized carbons (Fsp3) is 0.700. The quantitative estimate of drug-likeness (QED) is 0.767. The van der Waals surface area contributed by atoms with Crippen molar-refractivity contribution in [1.29, 1.82) is 0 Å². The number of rotatable bonds is 3. The number of aliphatic hydroxyl groups excluding tert-OH is 1. The molecule has 13 heavy (non-hydrogen) atoms. The van der Waals surface area contributed by atoms with E-state index in [0.717, 1.165) is 5.69 Å². The van der Waals surface area contributed by atoms with Gasteiger partial charge in [-0.05, 0) is 18.4 Å². The summed E-state index contributed by atoms with van der Waals surface area (Å²) < 4.78 is 1.89. The zero-order valence-corrected chi connectivity index (χ0v) is 8.83. The lowest BCUT2D eigenvalue weighted by Crippen LogP contribution is -1.98. The van der Waals surface area contributed by atoms with Crippen LogP contribution in [-0.4, -0.2) is 21.5 Å². The molecule has 0 saturated carbocycles. The van der Waals surface area contributed by atoms with E-state index in [4.69, 9.17) is 5.11 Å². The minimum atomic E-state index is 0.177. The van der Waals surface area contributed by atoms with Gasteiger partial charge in [-0.2, -0.15) is 5.10 Å². The van der Waals surface area contributed by atoms with Gasteiger partial charge in [0, 0.05) is 25.8 Å². The largest absolute Gasteiger partial charge is 0.396 e. The van der Waals surface area contributed by atoms with Gasteiger partial charge in [0.2, 0.25) is 0 Å². The van der Waals surface area contributed by atoms with Gasteiger partial charge < -0.3 is 5.11 Å². The van der Waals surface area contributed by atoms with E-state index >= 15 is 0 Å². The van der Waals surface area contributed by atoms with Gasteiger partial charge in [-0.1, -0.05) is 13.8 Å². The van der Waals surface area contributed by atoms with E-state index in [1.807, 2.05) is 11.7 Å². The minimum absolute atomic E-state index is 0.177. The summed E-state index contributed by atoms with van der Waals surface area (Å²) >= 11 is 0. The Morgan fingerprint density at radius 3 is 2.54 bits per heavy atom. The normalized spacial score (nSPS) is 11.2. The van der Waals surface area contributed by atoms with Crippen LogP contribution >= 0.6 is 0 Å². The predicted octanol–water partition coefficient (Wildman–Crippen LogP) is 1.39. The van der Waals surface area contributed by atoms with E-state index in [-0.39, 0.29) is 6.61 Å². The smallest absolute Gasteiger partial charge is 0.0684 e. The molecule has 0 saturated heterocycles. The summed E-state index contributed by atoms with van der Waals surface area (Å²) in [5.41, 5.74) is 3.53. The summed E-state index contributed by atoms with van der Waals surface area (Å²) in [6.45, 7) is 6.56. The molecule has 1 aromatic rings.